The maximum absolute atomic E-state index is 11.7. The molecule has 2 unspecified atom stereocenters. The van der Waals surface area contributed by atoms with Crippen molar-refractivity contribution in [3.63, 3.8) is 0 Å². The Hall–Kier alpha value is -2.02. The quantitative estimate of drug-likeness (QED) is 0.525. The number of aliphatic hydroxyl groups excluding tert-OH is 1. The van der Waals surface area contributed by atoms with Crippen molar-refractivity contribution in [1.29, 1.82) is 0 Å². The van der Waals surface area contributed by atoms with Crippen LogP contribution >= 0.6 is 0 Å². The van der Waals surface area contributed by atoms with E-state index in [2.05, 4.69) is 21.9 Å². The third-order valence-electron chi connectivity index (χ3n) is 3.67. The fourth-order valence-electron chi connectivity index (χ4n) is 2.61. The molecule has 0 aromatic carbocycles. The third-order valence-corrected chi connectivity index (χ3v) is 3.67. The first-order valence-corrected chi connectivity index (χ1v) is 5.80. The van der Waals surface area contributed by atoms with E-state index in [-0.39, 0.29) is 30.1 Å². The standard InChI is InChI=1S/C11H15N5O2/c1-5-2-7(6(5)3-17)16-4-13-8-9(16)14-11(12)15-10(8)18/h6-7,13,17H,1-4H2,(H3,12,14,15,18). The average molecular weight is 249 g/mol. The van der Waals surface area contributed by atoms with Gasteiger partial charge in [0.25, 0.3) is 5.56 Å². The van der Waals surface area contributed by atoms with Gasteiger partial charge in [0, 0.05) is 12.0 Å². The van der Waals surface area contributed by atoms with Crippen LogP contribution < -0.4 is 21.5 Å². The maximum atomic E-state index is 11.7. The van der Waals surface area contributed by atoms with Gasteiger partial charge in [-0.25, -0.2) is 0 Å². The van der Waals surface area contributed by atoms with Gasteiger partial charge in [-0.3, -0.25) is 9.78 Å². The first-order valence-electron chi connectivity index (χ1n) is 5.80. The fraction of sp³-hybridized carbons (Fsp3) is 0.455. The van der Waals surface area contributed by atoms with Gasteiger partial charge in [0.15, 0.2) is 5.82 Å². The summed E-state index contributed by atoms with van der Waals surface area (Å²) in [6.07, 6.45) is 0.806. The Bertz CT molecular complexity index is 567. The zero-order valence-corrected chi connectivity index (χ0v) is 9.81. The Morgan fingerprint density at radius 1 is 1.61 bits per heavy atom. The first-order chi connectivity index (χ1) is 8.61. The maximum Gasteiger partial charge on any atom is 0.277 e. The molecule has 2 atom stereocenters. The number of H-pyrrole nitrogens is 1. The van der Waals surface area contributed by atoms with Crippen LogP contribution in [0.15, 0.2) is 16.9 Å². The molecule has 96 valence electrons. The van der Waals surface area contributed by atoms with Crippen molar-refractivity contribution in [2.45, 2.75) is 12.5 Å². The SMILES string of the molecule is C=C1CC(N2CNc3c2nc(N)[nH]c3=O)C1CO. The first kappa shape index (κ1) is 11.1. The molecular weight excluding hydrogens is 234 g/mol. The Balaban J connectivity index is 1.96. The summed E-state index contributed by atoms with van der Waals surface area (Å²) in [6.45, 7) is 4.47. The highest BCUT2D eigenvalue weighted by Crippen LogP contribution is 2.41. The van der Waals surface area contributed by atoms with E-state index in [1.54, 1.807) is 0 Å². The lowest BCUT2D eigenvalue weighted by atomic mass is 9.75. The number of hydrogen-bond acceptors (Lipinski definition) is 6. The van der Waals surface area contributed by atoms with E-state index in [0.717, 1.165) is 12.0 Å². The van der Waals surface area contributed by atoms with Gasteiger partial charge in [0.05, 0.1) is 13.3 Å². The van der Waals surface area contributed by atoms with E-state index >= 15 is 0 Å². The van der Waals surface area contributed by atoms with Crippen LogP contribution in [-0.4, -0.2) is 34.4 Å². The molecule has 1 aliphatic carbocycles. The lowest BCUT2D eigenvalue weighted by molar-refractivity contribution is 0.187. The fourth-order valence-corrected chi connectivity index (χ4v) is 2.61. The summed E-state index contributed by atoms with van der Waals surface area (Å²) in [5, 5.41) is 12.3. The number of nitrogen functional groups attached to an aromatic ring is 1. The number of aromatic amines is 1. The van der Waals surface area contributed by atoms with Crippen molar-refractivity contribution in [3.05, 3.63) is 22.5 Å². The van der Waals surface area contributed by atoms with E-state index in [1.165, 1.54) is 0 Å². The van der Waals surface area contributed by atoms with E-state index in [1.807, 2.05) is 4.90 Å². The number of anilines is 3. The summed E-state index contributed by atoms with van der Waals surface area (Å²) >= 11 is 0. The van der Waals surface area contributed by atoms with E-state index < -0.39 is 0 Å². The lowest BCUT2D eigenvalue weighted by Gasteiger charge is -2.43. The molecule has 2 heterocycles. The predicted octanol–water partition coefficient (Wildman–Crippen LogP) is -0.522. The van der Waals surface area contributed by atoms with Gasteiger partial charge in [-0.15, -0.1) is 0 Å². The Labute approximate surface area is 103 Å². The number of aromatic nitrogens is 2. The molecule has 0 radical (unpaired) electrons. The summed E-state index contributed by atoms with van der Waals surface area (Å²) in [7, 11) is 0. The zero-order valence-electron chi connectivity index (χ0n) is 9.81. The molecule has 0 spiro atoms. The Kier molecular flexibility index (Phi) is 2.30. The third kappa shape index (κ3) is 1.40. The van der Waals surface area contributed by atoms with Crippen molar-refractivity contribution in [2.75, 3.05) is 29.2 Å². The minimum Gasteiger partial charge on any atom is -0.396 e. The Morgan fingerprint density at radius 3 is 3.06 bits per heavy atom. The average Bonchev–Trinajstić information content (AvgIpc) is 2.69. The molecule has 1 aromatic heterocycles. The molecule has 0 bridgehead atoms. The second kappa shape index (κ2) is 3.74. The highest BCUT2D eigenvalue weighted by molar-refractivity contribution is 5.71. The molecule has 18 heavy (non-hydrogen) atoms. The van der Waals surface area contributed by atoms with Gasteiger partial charge in [-0.05, 0) is 6.42 Å². The smallest absolute Gasteiger partial charge is 0.277 e. The molecule has 2 aliphatic rings. The van der Waals surface area contributed by atoms with Crippen molar-refractivity contribution in [3.8, 4) is 0 Å². The van der Waals surface area contributed by atoms with Crippen LogP contribution in [0.3, 0.4) is 0 Å². The van der Waals surface area contributed by atoms with E-state index in [0.29, 0.717) is 18.2 Å². The topological polar surface area (TPSA) is 107 Å². The number of nitrogens with two attached hydrogens (primary N) is 1. The predicted molar refractivity (Wildman–Crippen MR) is 68.4 cm³/mol. The van der Waals surface area contributed by atoms with E-state index in [4.69, 9.17) is 5.73 Å². The highest BCUT2D eigenvalue weighted by atomic mass is 16.3. The summed E-state index contributed by atoms with van der Waals surface area (Å²) in [6, 6.07) is 0.130. The molecule has 7 heteroatoms. The normalized spacial score (nSPS) is 25.6. The van der Waals surface area contributed by atoms with Crippen LogP contribution in [0.4, 0.5) is 17.5 Å². The molecule has 3 rings (SSSR count). The lowest BCUT2D eigenvalue weighted by Crippen LogP contribution is -2.50. The minimum atomic E-state index is -0.265. The van der Waals surface area contributed by atoms with Gasteiger partial charge in [0.2, 0.25) is 5.95 Å². The molecule has 0 amide bonds. The Morgan fingerprint density at radius 2 is 2.39 bits per heavy atom. The number of fused-ring (bicyclic) bond motifs is 1. The van der Waals surface area contributed by atoms with Gasteiger partial charge in [-0.2, -0.15) is 4.98 Å². The summed E-state index contributed by atoms with van der Waals surface area (Å²) in [4.78, 5) is 20.3. The number of rotatable bonds is 2. The van der Waals surface area contributed by atoms with Crippen LogP contribution in [0.1, 0.15) is 6.42 Å². The van der Waals surface area contributed by atoms with Gasteiger partial charge in [0.1, 0.15) is 5.69 Å². The second-order valence-corrected chi connectivity index (χ2v) is 4.67. The summed E-state index contributed by atoms with van der Waals surface area (Å²) in [5.74, 6) is 0.707. The molecular formula is C11H15N5O2. The number of aliphatic hydroxyl groups is 1. The molecule has 1 saturated carbocycles. The number of nitrogens with zero attached hydrogens (tertiary/aromatic N) is 2. The van der Waals surface area contributed by atoms with Crippen LogP contribution in [0.5, 0.6) is 0 Å². The number of nitrogens with one attached hydrogen (secondary N) is 2. The van der Waals surface area contributed by atoms with Crippen LogP contribution in [0.25, 0.3) is 0 Å². The second-order valence-electron chi connectivity index (χ2n) is 4.67. The minimum absolute atomic E-state index is 0.0417. The van der Waals surface area contributed by atoms with Crippen molar-refractivity contribution >= 4 is 17.5 Å². The van der Waals surface area contributed by atoms with Gasteiger partial charge >= 0.3 is 0 Å². The largest absolute Gasteiger partial charge is 0.396 e. The molecule has 1 aromatic rings. The van der Waals surface area contributed by atoms with Crippen molar-refractivity contribution in [2.24, 2.45) is 5.92 Å². The summed E-state index contributed by atoms with van der Waals surface area (Å²) < 4.78 is 0. The zero-order chi connectivity index (χ0) is 12.9. The van der Waals surface area contributed by atoms with Gasteiger partial charge in [-0.1, -0.05) is 12.2 Å². The monoisotopic (exact) mass is 249 g/mol. The highest BCUT2D eigenvalue weighted by Gasteiger charge is 2.41. The van der Waals surface area contributed by atoms with Crippen LogP contribution in [-0.2, 0) is 0 Å². The molecule has 1 fully saturated rings. The molecule has 1 aliphatic heterocycles. The van der Waals surface area contributed by atoms with Crippen molar-refractivity contribution < 1.29 is 5.11 Å². The molecule has 0 saturated heterocycles. The van der Waals surface area contributed by atoms with E-state index in [9.17, 15) is 9.90 Å². The molecule has 7 nitrogen and oxygen atoms in total. The summed E-state index contributed by atoms with van der Waals surface area (Å²) in [5.41, 5.74) is 6.77. The number of hydrogen-bond donors (Lipinski definition) is 4. The van der Waals surface area contributed by atoms with Crippen LogP contribution in [0, 0.1) is 5.92 Å². The van der Waals surface area contributed by atoms with Crippen molar-refractivity contribution in [1.82, 2.24) is 9.97 Å². The van der Waals surface area contributed by atoms with Crippen LogP contribution in [0.2, 0.25) is 0 Å². The van der Waals surface area contributed by atoms with Gasteiger partial charge < -0.3 is 21.1 Å². The molecule has 5 N–H and O–H groups in total.